The van der Waals surface area contributed by atoms with Gasteiger partial charge in [0.1, 0.15) is 5.52 Å². The molecular weight excluding hydrogens is 366 g/mol. The minimum Gasteiger partial charge on any atom is -0.395 e. The molecule has 5 rings (SSSR count). The first-order chi connectivity index (χ1) is 14.2. The van der Waals surface area contributed by atoms with Gasteiger partial charge < -0.3 is 20.3 Å². The molecule has 0 spiro atoms. The van der Waals surface area contributed by atoms with E-state index in [-0.39, 0.29) is 12.5 Å². The molecule has 3 N–H and O–H groups in total. The third kappa shape index (κ3) is 3.06. The second-order valence-electron chi connectivity index (χ2n) is 7.93. The fraction of sp³-hybridized carbons (Fsp3) is 0.409. The van der Waals surface area contributed by atoms with Crippen molar-refractivity contribution in [2.24, 2.45) is 0 Å². The van der Waals surface area contributed by atoms with Crippen LogP contribution in [0.3, 0.4) is 0 Å². The number of nitrogens with zero attached hydrogens (tertiary/aromatic N) is 3. The number of para-hydroxylation sites is 1. The van der Waals surface area contributed by atoms with E-state index in [2.05, 4.69) is 15.2 Å². The molecule has 4 bridgehead atoms. The van der Waals surface area contributed by atoms with Crippen LogP contribution in [0.2, 0.25) is 0 Å². The van der Waals surface area contributed by atoms with Crippen molar-refractivity contribution in [2.75, 3.05) is 31.1 Å². The average Bonchev–Trinajstić information content (AvgIpc) is 3.17. The second kappa shape index (κ2) is 7.15. The van der Waals surface area contributed by atoms with Crippen LogP contribution < -0.4 is 10.2 Å². The van der Waals surface area contributed by atoms with Crippen molar-refractivity contribution in [3.05, 3.63) is 41.2 Å². The minimum atomic E-state index is -0.0113. The Kier molecular flexibility index (Phi) is 4.47. The Balaban J connectivity index is 1.75. The van der Waals surface area contributed by atoms with E-state index in [0.29, 0.717) is 19.0 Å². The number of amides is 1. The number of carbonyl (C=O) groups excluding carboxylic acids is 1. The highest BCUT2D eigenvalue weighted by atomic mass is 16.3. The number of aromatic nitrogens is 3. The summed E-state index contributed by atoms with van der Waals surface area (Å²) in [6.07, 6.45) is 3.04. The van der Waals surface area contributed by atoms with Gasteiger partial charge in [-0.05, 0) is 31.9 Å². The summed E-state index contributed by atoms with van der Waals surface area (Å²) in [6.45, 7) is 4.09. The Morgan fingerprint density at radius 2 is 2.14 bits per heavy atom. The Morgan fingerprint density at radius 1 is 1.24 bits per heavy atom. The summed E-state index contributed by atoms with van der Waals surface area (Å²) in [5.74, 6) is 1.10. The lowest BCUT2D eigenvalue weighted by atomic mass is 9.92. The molecular formula is C22H25N5O2. The van der Waals surface area contributed by atoms with Gasteiger partial charge in [-0.15, -0.1) is 0 Å². The summed E-state index contributed by atoms with van der Waals surface area (Å²) in [5, 5.41) is 12.6. The smallest absolute Gasteiger partial charge is 0.253 e. The van der Waals surface area contributed by atoms with E-state index in [4.69, 9.17) is 9.97 Å². The Hall–Kier alpha value is -2.93. The molecule has 0 saturated carbocycles. The fourth-order valence-corrected chi connectivity index (χ4v) is 4.60. The zero-order valence-electron chi connectivity index (χ0n) is 16.5. The van der Waals surface area contributed by atoms with E-state index in [0.717, 1.165) is 70.9 Å². The summed E-state index contributed by atoms with van der Waals surface area (Å²) in [6, 6.07) is 7.92. The van der Waals surface area contributed by atoms with Crippen LogP contribution in [-0.4, -0.2) is 52.2 Å². The van der Waals surface area contributed by atoms with Crippen LogP contribution in [0.25, 0.3) is 22.3 Å². The molecule has 1 amide bonds. The van der Waals surface area contributed by atoms with Crippen LogP contribution in [0.15, 0.2) is 24.3 Å². The number of fused-ring (bicyclic) bond motifs is 3. The van der Waals surface area contributed by atoms with E-state index in [9.17, 15) is 9.90 Å². The molecule has 1 atom stereocenters. The molecule has 0 fully saturated rings. The predicted molar refractivity (Wildman–Crippen MR) is 112 cm³/mol. The maximum absolute atomic E-state index is 12.4. The number of carbonyl (C=O) groups is 1. The third-order valence-electron chi connectivity index (χ3n) is 6.04. The molecule has 1 aromatic carbocycles. The van der Waals surface area contributed by atoms with Gasteiger partial charge in [0.2, 0.25) is 0 Å². The molecule has 4 heterocycles. The van der Waals surface area contributed by atoms with Gasteiger partial charge in [-0.25, -0.2) is 9.97 Å². The standard InChI is InChI=1S/C22H25N5O2/c1-13-21-26-20-15(6-4-7-17(20)24-13)18-11-16-19(25-18)14(12-23-22(16)29)5-2-3-8-27(21)9-10-28/h4,6-7,11,14,25,28H,2-3,5,8-10,12H2,1H3,(H,23,29)/t14-/m0/s1. The molecule has 2 aliphatic heterocycles. The maximum Gasteiger partial charge on any atom is 0.253 e. The molecule has 3 aromatic rings. The average molecular weight is 391 g/mol. The molecule has 0 radical (unpaired) electrons. The van der Waals surface area contributed by atoms with E-state index < -0.39 is 0 Å². The Labute approximate surface area is 169 Å². The van der Waals surface area contributed by atoms with Gasteiger partial charge in [-0.2, -0.15) is 0 Å². The zero-order valence-corrected chi connectivity index (χ0v) is 16.5. The van der Waals surface area contributed by atoms with Gasteiger partial charge in [0.25, 0.3) is 5.91 Å². The number of anilines is 1. The SMILES string of the molecule is Cc1nc2cccc3c2nc1N(CCO)CCCC[C@H]1CNC(=O)c2cc-3[nH]c21. The van der Waals surface area contributed by atoms with Crippen molar-refractivity contribution in [1.82, 2.24) is 20.3 Å². The number of aryl methyl sites for hydroxylation is 1. The number of hydrogen-bond acceptors (Lipinski definition) is 5. The largest absolute Gasteiger partial charge is 0.395 e. The van der Waals surface area contributed by atoms with Crippen molar-refractivity contribution < 1.29 is 9.90 Å². The molecule has 2 aromatic heterocycles. The van der Waals surface area contributed by atoms with Gasteiger partial charge in [-0.3, -0.25) is 4.79 Å². The molecule has 2 aliphatic rings. The van der Waals surface area contributed by atoms with Gasteiger partial charge in [0.15, 0.2) is 5.82 Å². The van der Waals surface area contributed by atoms with E-state index in [1.807, 2.05) is 31.2 Å². The van der Waals surface area contributed by atoms with Crippen molar-refractivity contribution in [1.29, 1.82) is 0 Å². The molecule has 0 aliphatic carbocycles. The number of rotatable bonds is 2. The topological polar surface area (TPSA) is 94.1 Å². The number of hydrogen-bond donors (Lipinski definition) is 3. The number of aliphatic hydroxyl groups excluding tert-OH is 1. The van der Waals surface area contributed by atoms with Crippen molar-refractivity contribution >= 4 is 22.8 Å². The molecule has 7 heteroatoms. The highest BCUT2D eigenvalue weighted by Gasteiger charge is 2.28. The molecule has 7 nitrogen and oxygen atoms in total. The van der Waals surface area contributed by atoms with E-state index in [1.54, 1.807) is 0 Å². The molecule has 150 valence electrons. The first-order valence-electron chi connectivity index (χ1n) is 10.3. The summed E-state index contributed by atoms with van der Waals surface area (Å²) < 4.78 is 0. The third-order valence-corrected chi connectivity index (χ3v) is 6.04. The monoisotopic (exact) mass is 391 g/mol. The van der Waals surface area contributed by atoms with Crippen molar-refractivity contribution in [2.45, 2.75) is 32.1 Å². The lowest BCUT2D eigenvalue weighted by Gasteiger charge is -2.26. The summed E-state index contributed by atoms with van der Waals surface area (Å²) in [7, 11) is 0. The van der Waals surface area contributed by atoms with Gasteiger partial charge in [0.05, 0.1) is 23.4 Å². The fourth-order valence-electron chi connectivity index (χ4n) is 4.60. The quantitative estimate of drug-likeness (QED) is 0.624. The van der Waals surface area contributed by atoms with E-state index in [1.165, 1.54) is 0 Å². The van der Waals surface area contributed by atoms with Crippen LogP contribution in [0, 0.1) is 6.92 Å². The maximum atomic E-state index is 12.4. The first kappa shape index (κ1) is 18.1. The van der Waals surface area contributed by atoms with Gasteiger partial charge in [-0.1, -0.05) is 18.6 Å². The van der Waals surface area contributed by atoms with Crippen molar-refractivity contribution in [3.63, 3.8) is 0 Å². The number of aromatic amines is 1. The first-order valence-corrected chi connectivity index (χ1v) is 10.3. The summed E-state index contributed by atoms with van der Waals surface area (Å²) >= 11 is 0. The van der Waals surface area contributed by atoms with Gasteiger partial charge in [0, 0.05) is 42.5 Å². The highest BCUT2D eigenvalue weighted by Crippen LogP contribution is 2.35. The number of benzene rings is 1. The Bertz CT molecular complexity index is 1090. The number of nitrogens with one attached hydrogen (secondary N) is 2. The highest BCUT2D eigenvalue weighted by molar-refractivity contribution is 6.00. The van der Waals surface area contributed by atoms with Crippen LogP contribution in [0.1, 0.15) is 46.9 Å². The van der Waals surface area contributed by atoms with Gasteiger partial charge >= 0.3 is 0 Å². The minimum absolute atomic E-state index is 0.0113. The molecule has 0 unspecified atom stereocenters. The van der Waals surface area contributed by atoms with Crippen LogP contribution in [0.5, 0.6) is 0 Å². The van der Waals surface area contributed by atoms with Crippen LogP contribution >= 0.6 is 0 Å². The predicted octanol–water partition coefficient (Wildman–Crippen LogP) is 2.74. The number of H-pyrrole nitrogens is 1. The number of aliphatic hydroxyl groups is 1. The number of β-amino-alcohol motifs (C(OH)–C–C–N with tert-alkyl or cyclic N) is 1. The zero-order chi connectivity index (χ0) is 20.0. The summed E-state index contributed by atoms with van der Waals surface area (Å²) in [5.41, 5.74) is 6.13. The van der Waals surface area contributed by atoms with Crippen LogP contribution in [0.4, 0.5) is 5.82 Å². The normalized spacial score (nSPS) is 18.9. The lowest BCUT2D eigenvalue weighted by Crippen LogP contribution is -2.34. The van der Waals surface area contributed by atoms with E-state index >= 15 is 0 Å². The lowest BCUT2D eigenvalue weighted by molar-refractivity contribution is 0.0939. The van der Waals surface area contributed by atoms with Crippen molar-refractivity contribution in [3.8, 4) is 11.3 Å². The molecule has 29 heavy (non-hydrogen) atoms. The second-order valence-corrected chi connectivity index (χ2v) is 7.93. The summed E-state index contributed by atoms with van der Waals surface area (Å²) in [4.78, 5) is 27.9. The Morgan fingerprint density at radius 3 is 3.00 bits per heavy atom. The van der Waals surface area contributed by atoms with Crippen LogP contribution in [-0.2, 0) is 0 Å². The molecule has 0 saturated heterocycles.